The number of oxime groups is 1. The first-order chi connectivity index (χ1) is 5.72. The lowest BCUT2D eigenvalue weighted by Crippen LogP contribution is -2.24. The minimum absolute atomic E-state index is 0.308. The maximum atomic E-state index is 8.51. The minimum Gasteiger partial charge on any atom is -0.411 e. The molecule has 0 bridgehead atoms. The minimum atomic E-state index is 0.308. The van der Waals surface area contributed by atoms with Gasteiger partial charge in [-0.3, -0.25) is 0 Å². The fourth-order valence-corrected chi connectivity index (χ4v) is 1.55. The molecule has 3 heteroatoms. The third-order valence-corrected chi connectivity index (χ3v) is 2.12. The molecule has 0 aromatic rings. The van der Waals surface area contributed by atoms with Crippen LogP contribution < -0.4 is 0 Å². The van der Waals surface area contributed by atoms with Gasteiger partial charge in [-0.05, 0) is 39.5 Å². The summed E-state index contributed by atoms with van der Waals surface area (Å²) in [5.41, 5.74) is 0.915. The van der Waals surface area contributed by atoms with Crippen molar-refractivity contribution in [3.05, 3.63) is 0 Å². The van der Waals surface area contributed by atoms with E-state index in [2.05, 4.69) is 19.0 Å². The van der Waals surface area contributed by atoms with E-state index in [0.717, 1.165) is 31.4 Å². The van der Waals surface area contributed by atoms with Gasteiger partial charge >= 0.3 is 0 Å². The van der Waals surface area contributed by atoms with Crippen LogP contribution in [0.4, 0.5) is 0 Å². The molecule has 0 radical (unpaired) electrons. The van der Waals surface area contributed by atoms with Crippen molar-refractivity contribution in [3.8, 4) is 0 Å². The maximum Gasteiger partial charge on any atom is 0.0585 e. The smallest absolute Gasteiger partial charge is 0.0585 e. The number of hydrogen-bond donors (Lipinski definition) is 1. The lowest BCUT2D eigenvalue weighted by Gasteiger charge is -2.24. The monoisotopic (exact) mass is 171 g/mol. The Hall–Kier alpha value is -0.570. The van der Waals surface area contributed by atoms with Crippen molar-refractivity contribution in [1.29, 1.82) is 0 Å². The normalized spacial score (nSPS) is 24.6. The van der Waals surface area contributed by atoms with E-state index in [4.69, 9.17) is 9.94 Å². The Bertz CT molecular complexity index is 156. The Morgan fingerprint density at radius 3 is 2.42 bits per heavy atom. The maximum absolute atomic E-state index is 8.51. The molecule has 1 fully saturated rings. The van der Waals surface area contributed by atoms with Gasteiger partial charge in [0.25, 0.3) is 0 Å². The molecular weight excluding hydrogens is 154 g/mol. The molecule has 1 aliphatic rings. The van der Waals surface area contributed by atoms with Crippen LogP contribution in [0.15, 0.2) is 5.16 Å². The van der Waals surface area contributed by atoms with Crippen LogP contribution >= 0.6 is 0 Å². The zero-order chi connectivity index (χ0) is 8.97. The molecule has 1 saturated carbocycles. The van der Waals surface area contributed by atoms with E-state index in [-0.39, 0.29) is 0 Å². The van der Waals surface area contributed by atoms with Crippen molar-refractivity contribution in [3.63, 3.8) is 0 Å². The van der Waals surface area contributed by atoms with Gasteiger partial charge < -0.3 is 9.94 Å². The molecule has 70 valence electrons. The molecule has 0 saturated heterocycles. The van der Waals surface area contributed by atoms with Gasteiger partial charge in [0, 0.05) is 0 Å². The van der Waals surface area contributed by atoms with Crippen LogP contribution in [0.25, 0.3) is 0 Å². The molecule has 0 aromatic carbocycles. The fourth-order valence-electron chi connectivity index (χ4n) is 1.55. The molecular formula is C9H17NO2. The molecule has 0 aliphatic heterocycles. The standard InChI is InChI=1S/C9H17NO2/c1-7(2)12-9-5-3-8(10-11)4-6-9/h7,9,11H,3-6H2,1-2H3. The molecule has 0 spiro atoms. The largest absolute Gasteiger partial charge is 0.411 e. The first-order valence-electron chi connectivity index (χ1n) is 4.57. The van der Waals surface area contributed by atoms with Gasteiger partial charge in [-0.25, -0.2) is 0 Å². The van der Waals surface area contributed by atoms with E-state index in [9.17, 15) is 0 Å². The highest BCUT2D eigenvalue weighted by Crippen LogP contribution is 2.19. The first-order valence-corrected chi connectivity index (χ1v) is 4.57. The number of rotatable bonds is 2. The van der Waals surface area contributed by atoms with Crippen molar-refractivity contribution in [2.24, 2.45) is 5.16 Å². The Labute approximate surface area is 73.4 Å². The molecule has 0 unspecified atom stereocenters. The number of hydrogen-bond acceptors (Lipinski definition) is 3. The zero-order valence-electron chi connectivity index (χ0n) is 7.79. The first kappa shape index (κ1) is 9.52. The van der Waals surface area contributed by atoms with Gasteiger partial charge in [0.2, 0.25) is 0 Å². The molecule has 0 heterocycles. The van der Waals surface area contributed by atoms with Crippen molar-refractivity contribution in [2.45, 2.75) is 51.7 Å². The highest BCUT2D eigenvalue weighted by Gasteiger charge is 2.18. The van der Waals surface area contributed by atoms with Gasteiger partial charge in [-0.1, -0.05) is 5.16 Å². The van der Waals surface area contributed by atoms with Crippen LogP contribution in [0.5, 0.6) is 0 Å². The van der Waals surface area contributed by atoms with Crippen LogP contribution in [0, 0.1) is 0 Å². The third kappa shape index (κ3) is 2.81. The summed E-state index contributed by atoms with van der Waals surface area (Å²) in [6.45, 7) is 4.10. The summed E-state index contributed by atoms with van der Waals surface area (Å²) in [7, 11) is 0. The summed E-state index contributed by atoms with van der Waals surface area (Å²) in [6.07, 6.45) is 4.44. The summed E-state index contributed by atoms with van der Waals surface area (Å²) >= 11 is 0. The zero-order valence-corrected chi connectivity index (χ0v) is 7.79. The molecule has 12 heavy (non-hydrogen) atoms. The second-order valence-electron chi connectivity index (χ2n) is 3.55. The second-order valence-corrected chi connectivity index (χ2v) is 3.55. The predicted molar refractivity (Wildman–Crippen MR) is 47.7 cm³/mol. The van der Waals surface area contributed by atoms with E-state index in [1.165, 1.54) is 0 Å². The van der Waals surface area contributed by atoms with Gasteiger partial charge in [0.05, 0.1) is 17.9 Å². The summed E-state index contributed by atoms with van der Waals surface area (Å²) in [5.74, 6) is 0. The fraction of sp³-hybridized carbons (Fsp3) is 0.889. The van der Waals surface area contributed by atoms with E-state index in [1.807, 2.05) is 0 Å². The predicted octanol–water partition coefficient (Wildman–Crippen LogP) is 2.18. The number of nitrogens with zero attached hydrogens (tertiary/aromatic N) is 1. The molecule has 0 atom stereocenters. The van der Waals surface area contributed by atoms with Gasteiger partial charge in [0.1, 0.15) is 0 Å². The van der Waals surface area contributed by atoms with Crippen molar-refractivity contribution < 1.29 is 9.94 Å². The topological polar surface area (TPSA) is 41.8 Å². The van der Waals surface area contributed by atoms with E-state index < -0.39 is 0 Å². The van der Waals surface area contributed by atoms with Crippen molar-refractivity contribution >= 4 is 5.71 Å². The Morgan fingerprint density at radius 2 is 2.00 bits per heavy atom. The quantitative estimate of drug-likeness (QED) is 0.511. The summed E-state index contributed by atoms with van der Waals surface area (Å²) in [4.78, 5) is 0. The molecule has 0 aromatic heterocycles. The summed E-state index contributed by atoms with van der Waals surface area (Å²) in [5, 5.41) is 11.7. The van der Waals surface area contributed by atoms with Crippen LogP contribution in [0.3, 0.4) is 0 Å². The SMILES string of the molecule is CC(C)OC1CCC(=NO)CC1. The Kier molecular flexibility index (Phi) is 3.53. The van der Waals surface area contributed by atoms with E-state index in [0.29, 0.717) is 12.2 Å². The Balaban J connectivity index is 2.26. The van der Waals surface area contributed by atoms with E-state index >= 15 is 0 Å². The average Bonchev–Trinajstić information content (AvgIpc) is 2.05. The van der Waals surface area contributed by atoms with Gasteiger partial charge in [-0.2, -0.15) is 0 Å². The van der Waals surface area contributed by atoms with E-state index in [1.54, 1.807) is 0 Å². The van der Waals surface area contributed by atoms with Crippen LogP contribution in [0.2, 0.25) is 0 Å². The van der Waals surface area contributed by atoms with Crippen molar-refractivity contribution in [1.82, 2.24) is 0 Å². The van der Waals surface area contributed by atoms with Gasteiger partial charge in [0.15, 0.2) is 0 Å². The highest BCUT2D eigenvalue weighted by molar-refractivity contribution is 5.84. The molecule has 1 N–H and O–H groups in total. The summed E-state index contributed by atoms with van der Waals surface area (Å²) < 4.78 is 5.65. The third-order valence-electron chi connectivity index (χ3n) is 2.12. The van der Waals surface area contributed by atoms with Crippen molar-refractivity contribution in [2.75, 3.05) is 0 Å². The Morgan fingerprint density at radius 1 is 1.42 bits per heavy atom. The molecule has 3 nitrogen and oxygen atoms in total. The average molecular weight is 171 g/mol. The van der Waals surface area contributed by atoms with Crippen LogP contribution in [0.1, 0.15) is 39.5 Å². The second kappa shape index (κ2) is 4.45. The molecule has 1 rings (SSSR count). The van der Waals surface area contributed by atoms with Crippen LogP contribution in [-0.4, -0.2) is 23.1 Å². The lowest BCUT2D eigenvalue weighted by molar-refractivity contribution is -0.00270. The highest BCUT2D eigenvalue weighted by atomic mass is 16.5. The molecule has 0 amide bonds. The summed E-state index contributed by atoms with van der Waals surface area (Å²) in [6, 6.07) is 0. The number of ether oxygens (including phenoxy) is 1. The van der Waals surface area contributed by atoms with Gasteiger partial charge in [-0.15, -0.1) is 0 Å². The lowest BCUT2D eigenvalue weighted by atomic mass is 9.96. The van der Waals surface area contributed by atoms with Crippen LogP contribution in [-0.2, 0) is 4.74 Å². The molecule has 1 aliphatic carbocycles.